The molecule has 6 nitrogen and oxygen atoms in total. The van der Waals surface area contributed by atoms with Gasteiger partial charge in [-0.1, -0.05) is 0 Å². The van der Waals surface area contributed by atoms with Crippen LogP contribution in [0.2, 0.25) is 0 Å². The van der Waals surface area contributed by atoms with Gasteiger partial charge in [-0.2, -0.15) is 5.10 Å². The maximum absolute atomic E-state index is 11.4. The predicted octanol–water partition coefficient (Wildman–Crippen LogP) is 0.842. The second kappa shape index (κ2) is 4.82. The molecule has 0 spiro atoms. The van der Waals surface area contributed by atoms with Crippen LogP contribution in [0, 0.1) is 0 Å². The van der Waals surface area contributed by atoms with E-state index in [0.717, 1.165) is 5.82 Å². The summed E-state index contributed by atoms with van der Waals surface area (Å²) in [6.07, 6.45) is 6.75. The van der Waals surface area contributed by atoms with E-state index in [9.17, 15) is 4.79 Å². The summed E-state index contributed by atoms with van der Waals surface area (Å²) < 4.78 is 8.46. The highest BCUT2D eigenvalue weighted by Crippen LogP contribution is 2.03. The van der Waals surface area contributed by atoms with Gasteiger partial charge in [0.15, 0.2) is 0 Å². The van der Waals surface area contributed by atoms with Crippen molar-refractivity contribution in [2.75, 3.05) is 6.61 Å². The van der Waals surface area contributed by atoms with Crippen molar-refractivity contribution in [3.8, 4) is 0 Å². The van der Waals surface area contributed by atoms with Crippen molar-refractivity contribution in [3.05, 3.63) is 36.2 Å². The van der Waals surface area contributed by atoms with E-state index in [-0.39, 0.29) is 5.97 Å². The Balaban J connectivity index is 2.09. The number of carbonyl (C=O) groups excluding carboxylic acids is 1. The first-order valence-electron chi connectivity index (χ1n) is 5.36. The van der Waals surface area contributed by atoms with Gasteiger partial charge in [0.25, 0.3) is 0 Å². The second-order valence-electron chi connectivity index (χ2n) is 3.60. The zero-order valence-corrected chi connectivity index (χ0v) is 9.83. The lowest BCUT2D eigenvalue weighted by molar-refractivity contribution is 0.0526. The Kier molecular flexibility index (Phi) is 3.22. The van der Waals surface area contributed by atoms with Crippen LogP contribution in [-0.2, 0) is 18.3 Å². The summed E-state index contributed by atoms with van der Waals surface area (Å²) in [7, 11) is 1.91. The summed E-state index contributed by atoms with van der Waals surface area (Å²) in [6.45, 7) is 2.67. The number of aromatic nitrogens is 4. The molecule has 0 atom stereocenters. The molecule has 0 radical (unpaired) electrons. The highest BCUT2D eigenvalue weighted by Gasteiger charge is 2.10. The number of ether oxygens (including phenoxy) is 1. The summed E-state index contributed by atoms with van der Waals surface area (Å²) in [5, 5.41) is 4.10. The van der Waals surface area contributed by atoms with E-state index in [0.29, 0.717) is 18.7 Å². The van der Waals surface area contributed by atoms with Gasteiger partial charge in [-0.15, -0.1) is 0 Å². The van der Waals surface area contributed by atoms with Crippen molar-refractivity contribution >= 4 is 5.97 Å². The van der Waals surface area contributed by atoms with Crippen molar-refractivity contribution in [2.45, 2.75) is 13.5 Å². The molecule has 0 bridgehead atoms. The van der Waals surface area contributed by atoms with E-state index < -0.39 is 0 Å². The summed E-state index contributed by atoms with van der Waals surface area (Å²) >= 11 is 0. The Bertz CT molecular complexity index is 515. The minimum Gasteiger partial charge on any atom is -0.462 e. The van der Waals surface area contributed by atoms with Crippen LogP contribution < -0.4 is 0 Å². The standard InChI is InChI=1S/C11H14N4O2/c1-3-17-11(16)9-6-13-15(7-9)8-10-12-4-5-14(10)2/h4-7H,3,8H2,1-2H3. The van der Waals surface area contributed by atoms with Crippen LogP contribution in [-0.4, -0.2) is 31.9 Å². The van der Waals surface area contributed by atoms with Gasteiger partial charge >= 0.3 is 5.97 Å². The second-order valence-corrected chi connectivity index (χ2v) is 3.60. The molecule has 0 aliphatic carbocycles. The van der Waals surface area contributed by atoms with Crippen LogP contribution in [0.5, 0.6) is 0 Å². The van der Waals surface area contributed by atoms with Gasteiger partial charge in [-0.25, -0.2) is 9.78 Å². The summed E-state index contributed by atoms with van der Waals surface area (Å²) in [4.78, 5) is 15.6. The van der Waals surface area contributed by atoms with E-state index in [1.807, 2.05) is 17.8 Å². The Morgan fingerprint density at radius 2 is 2.35 bits per heavy atom. The first kappa shape index (κ1) is 11.4. The molecule has 2 rings (SSSR count). The molecule has 90 valence electrons. The van der Waals surface area contributed by atoms with Crippen molar-refractivity contribution in [3.63, 3.8) is 0 Å². The van der Waals surface area contributed by atoms with E-state index in [1.165, 1.54) is 6.20 Å². The molecule has 0 aliphatic rings. The quantitative estimate of drug-likeness (QED) is 0.735. The Hall–Kier alpha value is -2.11. The maximum atomic E-state index is 11.4. The summed E-state index contributed by atoms with van der Waals surface area (Å²) in [5.74, 6) is 0.530. The molecule has 0 aliphatic heterocycles. The Labute approximate surface area is 98.8 Å². The van der Waals surface area contributed by atoms with Gasteiger partial charge < -0.3 is 9.30 Å². The third kappa shape index (κ3) is 2.52. The minimum absolute atomic E-state index is 0.349. The summed E-state index contributed by atoms with van der Waals surface area (Å²) in [5.41, 5.74) is 0.459. The monoisotopic (exact) mass is 234 g/mol. The zero-order valence-electron chi connectivity index (χ0n) is 9.83. The number of hydrogen-bond donors (Lipinski definition) is 0. The zero-order chi connectivity index (χ0) is 12.3. The first-order chi connectivity index (χ1) is 8.20. The molecular formula is C11H14N4O2. The van der Waals surface area contributed by atoms with E-state index in [2.05, 4.69) is 10.1 Å². The smallest absolute Gasteiger partial charge is 0.341 e. The van der Waals surface area contributed by atoms with E-state index in [1.54, 1.807) is 24.0 Å². The molecular weight excluding hydrogens is 220 g/mol. The van der Waals surface area contributed by atoms with Gasteiger partial charge in [0.2, 0.25) is 0 Å². The lowest BCUT2D eigenvalue weighted by Crippen LogP contribution is -2.06. The molecule has 6 heteroatoms. The molecule has 2 aromatic rings. The first-order valence-corrected chi connectivity index (χ1v) is 5.36. The van der Waals surface area contributed by atoms with E-state index >= 15 is 0 Å². The van der Waals surface area contributed by atoms with Crippen molar-refractivity contribution in [2.24, 2.45) is 7.05 Å². The largest absolute Gasteiger partial charge is 0.462 e. The van der Waals surface area contributed by atoms with Gasteiger partial charge in [-0.3, -0.25) is 4.68 Å². The fourth-order valence-electron chi connectivity index (χ4n) is 1.46. The molecule has 0 saturated carbocycles. The lowest BCUT2D eigenvalue weighted by Gasteiger charge is -2.01. The van der Waals surface area contributed by atoms with Crippen LogP contribution >= 0.6 is 0 Å². The van der Waals surface area contributed by atoms with Crippen LogP contribution in [0.15, 0.2) is 24.8 Å². The number of aryl methyl sites for hydroxylation is 1. The average molecular weight is 234 g/mol. The molecule has 17 heavy (non-hydrogen) atoms. The highest BCUT2D eigenvalue weighted by molar-refractivity contribution is 5.88. The van der Waals surface area contributed by atoms with Gasteiger partial charge in [0.1, 0.15) is 5.82 Å². The SMILES string of the molecule is CCOC(=O)c1cnn(Cc2nccn2C)c1. The number of imidazole rings is 1. The molecule has 0 amide bonds. The normalized spacial score (nSPS) is 10.5. The molecule has 0 fully saturated rings. The van der Waals surface area contributed by atoms with Crippen LogP contribution in [0.25, 0.3) is 0 Å². The topological polar surface area (TPSA) is 61.9 Å². The third-order valence-electron chi connectivity index (χ3n) is 2.37. The van der Waals surface area contributed by atoms with Crippen LogP contribution in [0.4, 0.5) is 0 Å². The lowest BCUT2D eigenvalue weighted by atomic mass is 10.4. The van der Waals surface area contributed by atoms with Gasteiger partial charge in [0.05, 0.1) is 24.9 Å². The van der Waals surface area contributed by atoms with Crippen LogP contribution in [0.1, 0.15) is 23.1 Å². The fraction of sp³-hybridized carbons (Fsp3) is 0.364. The van der Waals surface area contributed by atoms with Crippen molar-refractivity contribution in [1.29, 1.82) is 0 Å². The maximum Gasteiger partial charge on any atom is 0.341 e. The number of esters is 1. The summed E-state index contributed by atoms with van der Waals surface area (Å²) in [6, 6.07) is 0. The predicted molar refractivity (Wildman–Crippen MR) is 60.5 cm³/mol. The number of carbonyl (C=O) groups is 1. The van der Waals surface area contributed by atoms with Crippen LogP contribution in [0.3, 0.4) is 0 Å². The Morgan fingerprint density at radius 1 is 1.53 bits per heavy atom. The Morgan fingerprint density at radius 3 is 3.00 bits per heavy atom. The molecule has 0 N–H and O–H groups in total. The molecule has 0 aromatic carbocycles. The van der Waals surface area contributed by atoms with Crippen molar-refractivity contribution in [1.82, 2.24) is 19.3 Å². The molecule has 0 unspecified atom stereocenters. The molecule has 2 heterocycles. The third-order valence-corrected chi connectivity index (χ3v) is 2.37. The van der Waals surface area contributed by atoms with Crippen molar-refractivity contribution < 1.29 is 9.53 Å². The minimum atomic E-state index is -0.349. The van der Waals surface area contributed by atoms with Gasteiger partial charge in [-0.05, 0) is 6.92 Å². The average Bonchev–Trinajstić information content (AvgIpc) is 2.90. The fourth-order valence-corrected chi connectivity index (χ4v) is 1.46. The molecule has 0 saturated heterocycles. The van der Waals surface area contributed by atoms with Gasteiger partial charge in [0, 0.05) is 25.6 Å². The number of nitrogens with zero attached hydrogens (tertiary/aromatic N) is 4. The van der Waals surface area contributed by atoms with E-state index in [4.69, 9.17) is 4.74 Å². The number of hydrogen-bond acceptors (Lipinski definition) is 4. The molecule has 2 aromatic heterocycles. The highest BCUT2D eigenvalue weighted by atomic mass is 16.5. The number of rotatable bonds is 4.